The van der Waals surface area contributed by atoms with Gasteiger partial charge in [-0.1, -0.05) is 32.9 Å². The number of esters is 1. The maximum absolute atomic E-state index is 11.7. The molecule has 0 spiro atoms. The predicted octanol–water partition coefficient (Wildman–Crippen LogP) is 4.00. The van der Waals surface area contributed by atoms with Crippen molar-refractivity contribution in [1.29, 1.82) is 0 Å². The lowest BCUT2D eigenvalue weighted by Gasteiger charge is -2.35. The molecule has 1 aliphatic rings. The van der Waals surface area contributed by atoms with Gasteiger partial charge in [-0.25, -0.2) is 9.78 Å². The van der Waals surface area contributed by atoms with Gasteiger partial charge in [0, 0.05) is 24.7 Å². The second-order valence-electron chi connectivity index (χ2n) is 9.14. The molecule has 0 aliphatic carbocycles. The van der Waals surface area contributed by atoms with Gasteiger partial charge in [0.1, 0.15) is 11.5 Å². The quantitative estimate of drug-likeness (QED) is 0.613. The van der Waals surface area contributed by atoms with Crippen LogP contribution in [0.1, 0.15) is 50.6 Å². The van der Waals surface area contributed by atoms with Crippen LogP contribution in [-0.2, 0) is 37.3 Å². The SMILES string of the molecule is COC(=O)[C@]1(C)OC[C@H](Cc2ccc(OCCc3nc(C(C)(C)C)oc3C)cc2)CO1. The van der Waals surface area contributed by atoms with Gasteiger partial charge >= 0.3 is 5.97 Å². The number of methoxy groups -OCH3 is 1. The fraction of sp³-hybridized carbons (Fsp3) is 0.583. The largest absolute Gasteiger partial charge is 0.493 e. The van der Waals surface area contributed by atoms with Gasteiger partial charge in [0.05, 0.1) is 32.6 Å². The normalized spacial score (nSPS) is 21.7. The van der Waals surface area contributed by atoms with E-state index in [1.807, 2.05) is 31.2 Å². The summed E-state index contributed by atoms with van der Waals surface area (Å²) in [5.74, 6) is 0.782. The molecule has 2 aromatic rings. The third kappa shape index (κ3) is 5.86. The monoisotopic (exact) mass is 431 g/mol. The van der Waals surface area contributed by atoms with Crippen LogP contribution >= 0.6 is 0 Å². The Labute approximate surface area is 184 Å². The maximum atomic E-state index is 11.7. The van der Waals surface area contributed by atoms with Crippen LogP contribution in [0.25, 0.3) is 0 Å². The highest BCUT2D eigenvalue weighted by atomic mass is 16.7. The highest BCUT2D eigenvalue weighted by molar-refractivity contribution is 5.77. The van der Waals surface area contributed by atoms with Gasteiger partial charge in [0.2, 0.25) is 0 Å². The van der Waals surface area contributed by atoms with Crippen molar-refractivity contribution in [3.63, 3.8) is 0 Å². The number of aryl methyl sites for hydroxylation is 1. The van der Waals surface area contributed by atoms with E-state index in [9.17, 15) is 4.79 Å². The number of rotatable bonds is 7. The van der Waals surface area contributed by atoms with Gasteiger partial charge in [-0.15, -0.1) is 0 Å². The van der Waals surface area contributed by atoms with Crippen LogP contribution in [0, 0.1) is 12.8 Å². The highest BCUT2D eigenvalue weighted by Gasteiger charge is 2.41. The van der Waals surface area contributed by atoms with E-state index >= 15 is 0 Å². The topological polar surface area (TPSA) is 80.0 Å². The maximum Gasteiger partial charge on any atom is 0.366 e. The Morgan fingerprint density at radius 1 is 1.19 bits per heavy atom. The molecule has 1 aliphatic heterocycles. The van der Waals surface area contributed by atoms with Gasteiger partial charge in [-0.3, -0.25) is 0 Å². The summed E-state index contributed by atoms with van der Waals surface area (Å²) in [5, 5.41) is 0. The lowest BCUT2D eigenvalue weighted by Crippen LogP contribution is -2.48. The minimum Gasteiger partial charge on any atom is -0.493 e. The second-order valence-corrected chi connectivity index (χ2v) is 9.14. The lowest BCUT2D eigenvalue weighted by molar-refractivity contribution is -0.272. The molecule has 7 heteroatoms. The molecule has 0 amide bonds. The molecule has 3 rings (SSSR count). The fourth-order valence-corrected chi connectivity index (χ4v) is 3.37. The smallest absolute Gasteiger partial charge is 0.366 e. The van der Waals surface area contributed by atoms with Crippen molar-refractivity contribution in [1.82, 2.24) is 4.98 Å². The summed E-state index contributed by atoms with van der Waals surface area (Å²) >= 11 is 0. The van der Waals surface area contributed by atoms with Crippen LogP contribution in [0.15, 0.2) is 28.7 Å². The highest BCUT2D eigenvalue weighted by Crippen LogP contribution is 2.26. The van der Waals surface area contributed by atoms with Crippen molar-refractivity contribution in [2.24, 2.45) is 5.92 Å². The predicted molar refractivity (Wildman–Crippen MR) is 115 cm³/mol. The molecule has 7 nitrogen and oxygen atoms in total. The molecule has 0 bridgehead atoms. The third-order valence-electron chi connectivity index (χ3n) is 5.33. The van der Waals surface area contributed by atoms with Gasteiger partial charge < -0.3 is 23.4 Å². The van der Waals surface area contributed by atoms with Crippen molar-refractivity contribution < 1.29 is 28.2 Å². The van der Waals surface area contributed by atoms with Crippen molar-refractivity contribution in [3.8, 4) is 5.75 Å². The summed E-state index contributed by atoms with van der Waals surface area (Å²) in [7, 11) is 1.33. The van der Waals surface area contributed by atoms with Crippen LogP contribution < -0.4 is 4.74 Å². The fourth-order valence-electron chi connectivity index (χ4n) is 3.37. The molecule has 2 heterocycles. The molecule has 0 unspecified atom stereocenters. The van der Waals surface area contributed by atoms with Gasteiger partial charge in [0.15, 0.2) is 5.89 Å². The molecule has 0 N–H and O–H groups in total. The Bertz CT molecular complexity index is 872. The summed E-state index contributed by atoms with van der Waals surface area (Å²) < 4.78 is 27.6. The summed E-state index contributed by atoms with van der Waals surface area (Å²) in [4.78, 5) is 16.4. The van der Waals surface area contributed by atoms with Crippen molar-refractivity contribution in [2.75, 3.05) is 26.9 Å². The molecular weight excluding hydrogens is 398 g/mol. The first kappa shape index (κ1) is 23.3. The Kier molecular flexibility index (Phi) is 7.06. The number of hydrogen-bond donors (Lipinski definition) is 0. The molecule has 1 saturated heterocycles. The zero-order valence-corrected chi connectivity index (χ0v) is 19.3. The first-order valence-electron chi connectivity index (χ1n) is 10.7. The molecule has 170 valence electrons. The Hall–Kier alpha value is -2.38. The number of carbonyl (C=O) groups is 1. The van der Waals surface area contributed by atoms with Crippen LogP contribution in [0.2, 0.25) is 0 Å². The van der Waals surface area contributed by atoms with Crippen molar-refractivity contribution in [2.45, 2.75) is 58.7 Å². The zero-order valence-electron chi connectivity index (χ0n) is 19.3. The Morgan fingerprint density at radius 2 is 1.84 bits per heavy atom. The summed E-state index contributed by atoms with van der Waals surface area (Å²) in [6.45, 7) is 11.2. The second kappa shape index (κ2) is 9.40. The Balaban J connectivity index is 1.46. The number of carbonyl (C=O) groups excluding carboxylic acids is 1. The van der Waals surface area contributed by atoms with Gasteiger partial charge in [-0.2, -0.15) is 0 Å². The molecule has 0 atom stereocenters. The Morgan fingerprint density at radius 3 is 2.39 bits per heavy atom. The summed E-state index contributed by atoms with van der Waals surface area (Å²) in [5.41, 5.74) is 2.00. The molecule has 1 aromatic heterocycles. The van der Waals surface area contributed by atoms with E-state index in [1.165, 1.54) is 7.11 Å². The number of oxazole rings is 1. The van der Waals surface area contributed by atoms with Crippen LogP contribution in [0.4, 0.5) is 0 Å². The summed E-state index contributed by atoms with van der Waals surface area (Å²) in [6.07, 6.45) is 1.49. The van der Waals surface area contributed by atoms with E-state index in [2.05, 4.69) is 25.8 Å². The average molecular weight is 432 g/mol. The molecule has 1 aromatic carbocycles. The van der Waals surface area contributed by atoms with Gasteiger partial charge in [0.25, 0.3) is 5.79 Å². The molecule has 0 radical (unpaired) electrons. The van der Waals surface area contributed by atoms with E-state index < -0.39 is 11.8 Å². The van der Waals surface area contributed by atoms with Crippen molar-refractivity contribution >= 4 is 5.97 Å². The third-order valence-corrected chi connectivity index (χ3v) is 5.33. The zero-order chi connectivity index (χ0) is 22.6. The van der Waals surface area contributed by atoms with E-state index in [1.54, 1.807) is 6.92 Å². The number of aromatic nitrogens is 1. The molecule has 0 saturated carbocycles. The number of ether oxygens (including phenoxy) is 4. The van der Waals surface area contributed by atoms with E-state index in [0.29, 0.717) is 26.2 Å². The van der Waals surface area contributed by atoms with Crippen LogP contribution in [-0.4, -0.2) is 43.7 Å². The first-order chi connectivity index (χ1) is 14.6. The molecule has 31 heavy (non-hydrogen) atoms. The lowest BCUT2D eigenvalue weighted by atomic mass is 9.97. The molecular formula is C24H33NO6. The number of nitrogens with zero attached hydrogens (tertiary/aromatic N) is 1. The van der Waals surface area contributed by atoms with Crippen LogP contribution in [0.5, 0.6) is 5.75 Å². The summed E-state index contributed by atoms with van der Waals surface area (Å²) in [6, 6.07) is 8.02. The minimum absolute atomic E-state index is 0.105. The average Bonchev–Trinajstić information content (AvgIpc) is 3.11. The van der Waals surface area contributed by atoms with Crippen LogP contribution in [0.3, 0.4) is 0 Å². The number of benzene rings is 1. The standard InChI is InChI=1S/C24H33NO6/c1-16-20(25-21(31-16)23(2,3)4)11-12-28-19-9-7-17(8-10-19)13-18-14-29-24(5,30-15-18)22(26)27-6/h7-10,18H,11-15H2,1-6H3/t18-,24+. The van der Waals surface area contributed by atoms with E-state index in [-0.39, 0.29) is 11.3 Å². The van der Waals surface area contributed by atoms with E-state index in [0.717, 1.165) is 35.1 Å². The van der Waals surface area contributed by atoms with E-state index in [4.69, 9.17) is 23.4 Å². The minimum atomic E-state index is -1.31. The first-order valence-corrected chi connectivity index (χ1v) is 10.7. The number of hydrogen-bond acceptors (Lipinski definition) is 7. The van der Waals surface area contributed by atoms with Gasteiger partial charge in [-0.05, 0) is 31.0 Å². The van der Waals surface area contributed by atoms with Crippen molar-refractivity contribution in [3.05, 3.63) is 47.2 Å². The molecule has 1 fully saturated rings.